The fourth-order valence-electron chi connectivity index (χ4n) is 4.45. The van der Waals surface area contributed by atoms with Gasteiger partial charge >= 0.3 is 0 Å². The van der Waals surface area contributed by atoms with E-state index in [1.165, 1.54) is 0 Å². The standard InChI is InChI=1S/C25H34N4O3/c1-5-9-20-23(18(4)30)17(3)26-24(20)25(32)29-14-12-28(13-15-29)16-22(31)27-21-11-8-7-10-19(21)6-2/h7-8,10-11,26H,5-6,9,12-16H2,1-4H3,(H,27,31). The maximum Gasteiger partial charge on any atom is 0.270 e. The second-order valence-corrected chi connectivity index (χ2v) is 8.41. The summed E-state index contributed by atoms with van der Waals surface area (Å²) in [6.45, 7) is 10.2. The van der Waals surface area contributed by atoms with Gasteiger partial charge in [-0.2, -0.15) is 0 Å². The van der Waals surface area contributed by atoms with E-state index in [1.807, 2.05) is 43.0 Å². The minimum atomic E-state index is -0.0648. The van der Waals surface area contributed by atoms with Gasteiger partial charge in [0.25, 0.3) is 5.91 Å². The molecule has 32 heavy (non-hydrogen) atoms. The van der Waals surface area contributed by atoms with Gasteiger partial charge in [0, 0.05) is 43.1 Å². The molecule has 2 aromatic rings. The molecule has 0 bridgehead atoms. The van der Waals surface area contributed by atoms with E-state index >= 15 is 0 Å². The summed E-state index contributed by atoms with van der Waals surface area (Å²) < 4.78 is 0. The summed E-state index contributed by atoms with van der Waals surface area (Å²) in [5, 5.41) is 3.01. The number of Topliss-reactive ketones (excluding diaryl/α,β-unsaturated/α-hetero) is 1. The Morgan fingerprint density at radius 3 is 2.38 bits per heavy atom. The quantitative estimate of drug-likeness (QED) is 0.619. The first kappa shape index (κ1) is 23.7. The average Bonchev–Trinajstić information content (AvgIpc) is 3.10. The van der Waals surface area contributed by atoms with Crippen molar-refractivity contribution in [3.05, 3.63) is 52.3 Å². The van der Waals surface area contributed by atoms with E-state index in [-0.39, 0.29) is 17.6 Å². The summed E-state index contributed by atoms with van der Waals surface area (Å²) in [5.41, 5.74) is 4.76. The van der Waals surface area contributed by atoms with Crippen molar-refractivity contribution in [3.63, 3.8) is 0 Å². The van der Waals surface area contributed by atoms with E-state index in [0.29, 0.717) is 50.4 Å². The fourth-order valence-corrected chi connectivity index (χ4v) is 4.45. The topological polar surface area (TPSA) is 85.5 Å². The molecule has 1 aliphatic heterocycles. The molecule has 2 N–H and O–H groups in total. The van der Waals surface area contributed by atoms with Gasteiger partial charge in [0.15, 0.2) is 5.78 Å². The number of aryl methyl sites for hydroxylation is 2. The van der Waals surface area contributed by atoms with Gasteiger partial charge in [-0.1, -0.05) is 38.5 Å². The van der Waals surface area contributed by atoms with Crippen LogP contribution in [0.15, 0.2) is 24.3 Å². The predicted molar refractivity (Wildman–Crippen MR) is 126 cm³/mol. The zero-order chi connectivity index (χ0) is 23.3. The number of hydrogen-bond acceptors (Lipinski definition) is 4. The van der Waals surface area contributed by atoms with E-state index in [1.54, 1.807) is 6.92 Å². The Kier molecular flexibility index (Phi) is 7.85. The van der Waals surface area contributed by atoms with Crippen molar-refractivity contribution in [1.82, 2.24) is 14.8 Å². The third-order valence-corrected chi connectivity index (χ3v) is 6.06. The largest absolute Gasteiger partial charge is 0.354 e. The van der Waals surface area contributed by atoms with Gasteiger partial charge in [0.1, 0.15) is 5.69 Å². The third-order valence-electron chi connectivity index (χ3n) is 6.06. The number of aromatic amines is 1. The van der Waals surface area contributed by atoms with Crippen LogP contribution in [-0.2, 0) is 17.6 Å². The zero-order valence-corrected chi connectivity index (χ0v) is 19.6. The predicted octanol–water partition coefficient (Wildman–Crippen LogP) is 3.44. The number of carbonyl (C=O) groups excluding carboxylic acids is 3. The summed E-state index contributed by atoms with van der Waals surface area (Å²) in [6.07, 6.45) is 2.42. The highest BCUT2D eigenvalue weighted by atomic mass is 16.2. The molecule has 172 valence electrons. The Balaban J connectivity index is 1.60. The fraction of sp³-hybridized carbons (Fsp3) is 0.480. The lowest BCUT2D eigenvalue weighted by Gasteiger charge is -2.34. The van der Waals surface area contributed by atoms with Crippen molar-refractivity contribution in [2.45, 2.75) is 47.0 Å². The van der Waals surface area contributed by atoms with Gasteiger partial charge < -0.3 is 15.2 Å². The maximum absolute atomic E-state index is 13.2. The number of carbonyl (C=O) groups is 3. The minimum Gasteiger partial charge on any atom is -0.354 e. The number of anilines is 1. The van der Waals surface area contributed by atoms with Crippen LogP contribution < -0.4 is 5.32 Å². The van der Waals surface area contributed by atoms with Crippen LogP contribution in [0.2, 0.25) is 0 Å². The minimum absolute atomic E-state index is 0.0123. The van der Waals surface area contributed by atoms with Crippen molar-refractivity contribution in [1.29, 1.82) is 0 Å². The number of benzene rings is 1. The number of ketones is 1. The number of nitrogens with zero attached hydrogens (tertiary/aromatic N) is 2. The Hall–Kier alpha value is -2.93. The van der Waals surface area contributed by atoms with Gasteiger partial charge in [-0.3, -0.25) is 19.3 Å². The van der Waals surface area contributed by atoms with Crippen LogP contribution in [0.1, 0.15) is 64.9 Å². The molecule has 2 heterocycles. The van der Waals surface area contributed by atoms with E-state index < -0.39 is 0 Å². The molecule has 0 radical (unpaired) electrons. The van der Waals surface area contributed by atoms with Crippen molar-refractivity contribution in [2.24, 2.45) is 0 Å². The SMILES string of the molecule is CCCc1c(C(=O)N2CCN(CC(=O)Nc3ccccc3CC)CC2)[nH]c(C)c1C(C)=O. The third kappa shape index (κ3) is 5.27. The number of aromatic nitrogens is 1. The van der Waals surface area contributed by atoms with Gasteiger partial charge in [0.2, 0.25) is 5.91 Å². The molecular formula is C25H34N4O3. The number of nitrogens with one attached hydrogen (secondary N) is 2. The number of H-pyrrole nitrogens is 1. The molecule has 7 heteroatoms. The van der Waals surface area contributed by atoms with E-state index in [9.17, 15) is 14.4 Å². The molecule has 1 aromatic heterocycles. The van der Waals surface area contributed by atoms with Crippen molar-refractivity contribution >= 4 is 23.3 Å². The highest BCUT2D eigenvalue weighted by molar-refractivity contribution is 6.02. The molecule has 3 rings (SSSR count). The first-order valence-corrected chi connectivity index (χ1v) is 11.5. The summed E-state index contributed by atoms with van der Waals surface area (Å²) in [7, 11) is 0. The van der Waals surface area contributed by atoms with Crippen LogP contribution >= 0.6 is 0 Å². The first-order chi connectivity index (χ1) is 15.3. The molecule has 0 saturated carbocycles. The lowest BCUT2D eigenvalue weighted by molar-refractivity contribution is -0.117. The Labute approximate surface area is 190 Å². The molecule has 0 spiro atoms. The Bertz CT molecular complexity index is 987. The first-order valence-electron chi connectivity index (χ1n) is 11.5. The van der Waals surface area contributed by atoms with Crippen LogP contribution in [-0.4, -0.2) is 65.1 Å². The summed E-state index contributed by atoms with van der Waals surface area (Å²) in [4.78, 5) is 44.9. The van der Waals surface area contributed by atoms with Crippen LogP contribution in [0.25, 0.3) is 0 Å². The molecule has 1 fully saturated rings. The zero-order valence-electron chi connectivity index (χ0n) is 19.6. The number of piperazine rings is 1. The monoisotopic (exact) mass is 438 g/mol. The maximum atomic E-state index is 13.2. The van der Waals surface area contributed by atoms with Crippen molar-refractivity contribution in [3.8, 4) is 0 Å². The molecule has 0 atom stereocenters. The second kappa shape index (κ2) is 10.6. The number of hydrogen-bond donors (Lipinski definition) is 2. The van der Waals surface area contributed by atoms with Gasteiger partial charge in [0.05, 0.1) is 6.54 Å². The van der Waals surface area contributed by atoms with Crippen molar-refractivity contribution in [2.75, 3.05) is 38.0 Å². The molecule has 1 aromatic carbocycles. The van der Waals surface area contributed by atoms with E-state index in [4.69, 9.17) is 0 Å². The molecule has 0 unspecified atom stereocenters. The smallest absolute Gasteiger partial charge is 0.270 e. The molecular weight excluding hydrogens is 404 g/mol. The van der Waals surface area contributed by atoms with Crippen LogP contribution in [0, 0.1) is 6.92 Å². The van der Waals surface area contributed by atoms with Crippen LogP contribution in [0.4, 0.5) is 5.69 Å². The lowest BCUT2D eigenvalue weighted by Crippen LogP contribution is -2.50. The molecule has 0 aliphatic carbocycles. The highest BCUT2D eigenvalue weighted by Gasteiger charge is 2.28. The van der Waals surface area contributed by atoms with Gasteiger partial charge in [-0.25, -0.2) is 0 Å². The molecule has 1 aliphatic rings. The van der Waals surface area contributed by atoms with E-state index in [2.05, 4.69) is 22.1 Å². The number of para-hydroxylation sites is 1. The normalized spacial score (nSPS) is 14.4. The van der Waals surface area contributed by atoms with E-state index in [0.717, 1.165) is 35.3 Å². The Morgan fingerprint density at radius 2 is 1.75 bits per heavy atom. The highest BCUT2D eigenvalue weighted by Crippen LogP contribution is 2.23. The second-order valence-electron chi connectivity index (χ2n) is 8.41. The molecule has 1 saturated heterocycles. The van der Waals surface area contributed by atoms with Crippen LogP contribution in [0.3, 0.4) is 0 Å². The lowest BCUT2D eigenvalue weighted by atomic mass is 10.0. The summed E-state index contributed by atoms with van der Waals surface area (Å²) in [5.74, 6) is -0.117. The average molecular weight is 439 g/mol. The molecule has 2 amide bonds. The van der Waals surface area contributed by atoms with Gasteiger partial charge in [-0.05, 0) is 43.9 Å². The van der Waals surface area contributed by atoms with Crippen molar-refractivity contribution < 1.29 is 14.4 Å². The number of rotatable bonds is 8. The van der Waals surface area contributed by atoms with Gasteiger partial charge in [-0.15, -0.1) is 0 Å². The molecule has 7 nitrogen and oxygen atoms in total. The number of amides is 2. The summed E-state index contributed by atoms with van der Waals surface area (Å²) >= 11 is 0. The summed E-state index contributed by atoms with van der Waals surface area (Å²) in [6, 6.07) is 7.84. The van der Waals surface area contributed by atoms with Crippen LogP contribution in [0.5, 0.6) is 0 Å². The Morgan fingerprint density at radius 1 is 1.06 bits per heavy atom.